The van der Waals surface area contributed by atoms with Crippen LogP contribution >= 0.6 is 0 Å². The SMILES string of the molecule is CCNCc1cnccc1-n1nnc(-c2ccccc2)n1. The van der Waals surface area contributed by atoms with Crippen molar-refractivity contribution in [2.75, 3.05) is 6.54 Å². The molecule has 0 radical (unpaired) electrons. The number of hydrogen-bond acceptors (Lipinski definition) is 5. The van der Waals surface area contributed by atoms with Crippen LogP contribution in [0, 0.1) is 0 Å². The number of benzene rings is 1. The van der Waals surface area contributed by atoms with Gasteiger partial charge in [-0.25, -0.2) is 0 Å². The summed E-state index contributed by atoms with van der Waals surface area (Å²) in [7, 11) is 0. The molecule has 6 nitrogen and oxygen atoms in total. The quantitative estimate of drug-likeness (QED) is 0.772. The maximum Gasteiger partial charge on any atom is 0.205 e. The molecular formula is C15H16N6. The fraction of sp³-hybridized carbons (Fsp3) is 0.200. The summed E-state index contributed by atoms with van der Waals surface area (Å²) in [5.41, 5.74) is 2.88. The Kier molecular flexibility index (Phi) is 3.97. The Morgan fingerprint density at radius 3 is 2.81 bits per heavy atom. The number of pyridine rings is 1. The molecule has 0 saturated heterocycles. The molecule has 3 aromatic rings. The highest BCUT2D eigenvalue weighted by Gasteiger charge is 2.10. The summed E-state index contributed by atoms with van der Waals surface area (Å²) in [6, 6.07) is 11.7. The molecule has 6 heteroatoms. The lowest BCUT2D eigenvalue weighted by Crippen LogP contribution is -2.15. The lowest BCUT2D eigenvalue weighted by Gasteiger charge is -2.07. The molecule has 0 saturated carbocycles. The molecule has 0 atom stereocenters. The second-order valence-electron chi connectivity index (χ2n) is 4.55. The number of nitrogens with zero attached hydrogens (tertiary/aromatic N) is 5. The van der Waals surface area contributed by atoms with Crippen LogP contribution in [0.25, 0.3) is 17.1 Å². The smallest absolute Gasteiger partial charge is 0.205 e. The van der Waals surface area contributed by atoms with Gasteiger partial charge in [0, 0.05) is 30.1 Å². The topological polar surface area (TPSA) is 68.5 Å². The Morgan fingerprint density at radius 1 is 1.14 bits per heavy atom. The second-order valence-corrected chi connectivity index (χ2v) is 4.55. The Hall–Kier alpha value is -2.60. The van der Waals surface area contributed by atoms with Crippen LogP contribution in [-0.2, 0) is 6.54 Å². The molecule has 0 spiro atoms. The van der Waals surface area contributed by atoms with Gasteiger partial charge in [-0.15, -0.1) is 15.0 Å². The molecule has 0 fully saturated rings. The molecule has 2 aromatic heterocycles. The van der Waals surface area contributed by atoms with Crippen LogP contribution in [-0.4, -0.2) is 31.7 Å². The van der Waals surface area contributed by atoms with Crippen LogP contribution in [0.3, 0.4) is 0 Å². The Labute approximate surface area is 122 Å². The van der Waals surface area contributed by atoms with Gasteiger partial charge in [0.15, 0.2) is 0 Å². The third-order valence-corrected chi connectivity index (χ3v) is 3.10. The molecule has 106 valence electrons. The third kappa shape index (κ3) is 2.95. The monoisotopic (exact) mass is 280 g/mol. The van der Waals surface area contributed by atoms with Crippen molar-refractivity contribution in [3.05, 3.63) is 54.4 Å². The van der Waals surface area contributed by atoms with E-state index in [1.54, 1.807) is 11.0 Å². The predicted molar refractivity (Wildman–Crippen MR) is 79.8 cm³/mol. The van der Waals surface area contributed by atoms with Crippen LogP contribution in [0.2, 0.25) is 0 Å². The van der Waals surface area contributed by atoms with Gasteiger partial charge in [0.05, 0.1) is 5.69 Å². The highest BCUT2D eigenvalue weighted by Crippen LogP contribution is 2.15. The maximum absolute atomic E-state index is 4.46. The normalized spacial score (nSPS) is 10.7. The molecule has 1 N–H and O–H groups in total. The van der Waals surface area contributed by atoms with E-state index in [1.165, 1.54) is 0 Å². The summed E-state index contributed by atoms with van der Waals surface area (Å²) < 4.78 is 0. The first kappa shape index (κ1) is 13.4. The van der Waals surface area contributed by atoms with E-state index < -0.39 is 0 Å². The maximum atomic E-state index is 4.46. The Balaban J connectivity index is 1.93. The number of nitrogens with one attached hydrogen (secondary N) is 1. The van der Waals surface area contributed by atoms with Crippen molar-refractivity contribution in [1.82, 2.24) is 30.5 Å². The molecule has 2 heterocycles. The standard InChI is InChI=1S/C15H16N6/c1-2-16-10-13-11-17-9-8-14(13)21-19-15(18-20-21)12-6-4-3-5-7-12/h3-9,11,16H,2,10H2,1H3. The summed E-state index contributed by atoms with van der Waals surface area (Å²) >= 11 is 0. The summed E-state index contributed by atoms with van der Waals surface area (Å²) in [4.78, 5) is 5.71. The van der Waals surface area contributed by atoms with Gasteiger partial charge >= 0.3 is 0 Å². The lowest BCUT2D eigenvalue weighted by atomic mass is 10.2. The van der Waals surface area contributed by atoms with Gasteiger partial charge in [0.2, 0.25) is 5.82 Å². The van der Waals surface area contributed by atoms with E-state index in [-0.39, 0.29) is 0 Å². The van der Waals surface area contributed by atoms with Crippen LogP contribution in [0.4, 0.5) is 0 Å². The van der Waals surface area contributed by atoms with E-state index >= 15 is 0 Å². The van der Waals surface area contributed by atoms with Crippen molar-refractivity contribution < 1.29 is 0 Å². The summed E-state index contributed by atoms with van der Waals surface area (Å²) in [6.45, 7) is 3.69. The van der Waals surface area contributed by atoms with E-state index in [4.69, 9.17) is 0 Å². The van der Waals surface area contributed by atoms with E-state index in [9.17, 15) is 0 Å². The molecule has 0 aliphatic rings. The van der Waals surface area contributed by atoms with Crippen LogP contribution in [0.15, 0.2) is 48.8 Å². The molecule has 0 aliphatic carbocycles. The molecular weight excluding hydrogens is 264 g/mol. The first-order valence-corrected chi connectivity index (χ1v) is 6.88. The average molecular weight is 280 g/mol. The highest BCUT2D eigenvalue weighted by molar-refractivity contribution is 5.53. The van der Waals surface area contributed by atoms with Gasteiger partial charge in [-0.1, -0.05) is 37.3 Å². The molecule has 0 bridgehead atoms. The molecule has 0 aliphatic heterocycles. The second kappa shape index (κ2) is 6.23. The van der Waals surface area contributed by atoms with Crippen molar-refractivity contribution in [2.45, 2.75) is 13.5 Å². The van der Waals surface area contributed by atoms with Gasteiger partial charge in [0.25, 0.3) is 0 Å². The van der Waals surface area contributed by atoms with Crippen LogP contribution < -0.4 is 5.32 Å². The van der Waals surface area contributed by atoms with Crippen LogP contribution in [0.5, 0.6) is 0 Å². The first-order chi connectivity index (χ1) is 10.4. The number of aromatic nitrogens is 5. The van der Waals surface area contributed by atoms with Gasteiger partial charge in [-0.05, 0) is 17.8 Å². The predicted octanol–water partition coefficient (Wildman–Crippen LogP) is 1.83. The van der Waals surface area contributed by atoms with Crippen molar-refractivity contribution in [1.29, 1.82) is 0 Å². The molecule has 21 heavy (non-hydrogen) atoms. The number of tetrazole rings is 1. The third-order valence-electron chi connectivity index (χ3n) is 3.10. The lowest BCUT2D eigenvalue weighted by molar-refractivity contribution is 0.680. The summed E-state index contributed by atoms with van der Waals surface area (Å²) in [6.07, 6.45) is 3.56. The first-order valence-electron chi connectivity index (χ1n) is 6.88. The van der Waals surface area contributed by atoms with Crippen molar-refractivity contribution in [3.63, 3.8) is 0 Å². The minimum atomic E-state index is 0.613. The highest BCUT2D eigenvalue weighted by atomic mass is 15.6. The van der Waals surface area contributed by atoms with Crippen LogP contribution in [0.1, 0.15) is 12.5 Å². The molecule has 3 rings (SSSR count). The number of rotatable bonds is 5. The molecule has 1 aromatic carbocycles. The van der Waals surface area contributed by atoms with Crippen molar-refractivity contribution >= 4 is 0 Å². The summed E-state index contributed by atoms with van der Waals surface area (Å²) in [5, 5.41) is 16.0. The zero-order valence-electron chi connectivity index (χ0n) is 11.8. The van der Waals surface area contributed by atoms with Gasteiger partial charge in [-0.2, -0.15) is 0 Å². The van der Waals surface area contributed by atoms with E-state index in [2.05, 4.69) is 32.6 Å². The molecule has 0 amide bonds. The van der Waals surface area contributed by atoms with Gasteiger partial charge < -0.3 is 5.32 Å². The largest absolute Gasteiger partial charge is 0.313 e. The molecule has 0 unspecified atom stereocenters. The zero-order valence-corrected chi connectivity index (χ0v) is 11.8. The fourth-order valence-electron chi connectivity index (χ4n) is 2.03. The fourth-order valence-corrected chi connectivity index (χ4v) is 2.03. The minimum Gasteiger partial charge on any atom is -0.313 e. The minimum absolute atomic E-state index is 0.613. The van der Waals surface area contributed by atoms with E-state index in [0.29, 0.717) is 5.82 Å². The van der Waals surface area contributed by atoms with E-state index in [1.807, 2.05) is 42.6 Å². The Morgan fingerprint density at radius 2 is 2.00 bits per heavy atom. The van der Waals surface area contributed by atoms with Crippen molar-refractivity contribution in [2.24, 2.45) is 0 Å². The zero-order chi connectivity index (χ0) is 14.5. The van der Waals surface area contributed by atoms with Crippen molar-refractivity contribution in [3.8, 4) is 17.1 Å². The summed E-state index contributed by atoms with van der Waals surface area (Å²) in [5.74, 6) is 0.613. The number of hydrogen-bond donors (Lipinski definition) is 1. The van der Waals surface area contributed by atoms with E-state index in [0.717, 1.165) is 29.9 Å². The average Bonchev–Trinajstić information content (AvgIpc) is 3.04. The van der Waals surface area contributed by atoms with Gasteiger partial charge in [0.1, 0.15) is 0 Å². The Bertz CT molecular complexity index is 707. The van der Waals surface area contributed by atoms with Gasteiger partial charge in [-0.3, -0.25) is 4.98 Å².